The minimum Gasteiger partial charge on any atom is -0.468 e. The Hall–Kier alpha value is -3.40. The van der Waals surface area contributed by atoms with Gasteiger partial charge in [-0.3, -0.25) is 23.9 Å². The summed E-state index contributed by atoms with van der Waals surface area (Å²) in [6.07, 6.45) is -0.319. The van der Waals surface area contributed by atoms with Gasteiger partial charge in [-0.05, 0) is 36.4 Å². The fourth-order valence-electron chi connectivity index (χ4n) is 3.62. The Morgan fingerprint density at radius 3 is 2.35 bits per heavy atom. The number of aromatic nitrogens is 1. The van der Waals surface area contributed by atoms with Crippen molar-refractivity contribution >= 4 is 34.7 Å². The number of halogens is 3. The number of carbonyl (C=O) groups excluding carboxylic acids is 2. The number of carbonyl (C=O) groups is 2. The second kappa shape index (κ2) is 8.03. The van der Waals surface area contributed by atoms with Gasteiger partial charge in [-0.2, -0.15) is 0 Å². The molecule has 2 heterocycles. The summed E-state index contributed by atoms with van der Waals surface area (Å²) in [5.74, 6) is -4.58. The van der Waals surface area contributed by atoms with Crippen molar-refractivity contribution in [2.75, 3.05) is 12.0 Å². The zero-order valence-corrected chi connectivity index (χ0v) is 16.9. The van der Waals surface area contributed by atoms with Gasteiger partial charge in [0, 0.05) is 17.9 Å². The molecule has 1 aromatic heterocycles. The van der Waals surface area contributed by atoms with E-state index in [1.807, 2.05) is 0 Å². The molecule has 0 spiro atoms. The molecule has 4 rings (SSSR count). The number of rotatable bonds is 4. The molecule has 1 atom stereocenters. The van der Waals surface area contributed by atoms with Gasteiger partial charge < -0.3 is 4.74 Å². The van der Waals surface area contributed by atoms with Crippen LogP contribution in [0.15, 0.2) is 47.3 Å². The summed E-state index contributed by atoms with van der Waals surface area (Å²) >= 11 is 0.692. The van der Waals surface area contributed by atoms with Crippen LogP contribution in [0.4, 0.5) is 24.7 Å². The Morgan fingerprint density at radius 2 is 1.74 bits per heavy atom. The topological polar surface area (TPSA) is 68.6 Å². The van der Waals surface area contributed by atoms with Gasteiger partial charge in [-0.25, -0.2) is 13.2 Å². The lowest BCUT2D eigenvalue weighted by Crippen LogP contribution is -2.36. The van der Waals surface area contributed by atoms with Gasteiger partial charge in [-0.1, -0.05) is 17.4 Å². The van der Waals surface area contributed by atoms with Gasteiger partial charge >= 0.3 is 10.8 Å². The van der Waals surface area contributed by atoms with Crippen LogP contribution in [0.5, 0.6) is 0 Å². The lowest BCUT2D eigenvalue weighted by atomic mass is 9.89. The third kappa shape index (κ3) is 3.63. The Balaban J connectivity index is 1.96. The molecule has 10 heteroatoms. The van der Waals surface area contributed by atoms with Crippen LogP contribution in [0.2, 0.25) is 0 Å². The predicted molar refractivity (Wildman–Crippen MR) is 107 cm³/mol. The predicted octanol–water partition coefficient (Wildman–Crippen LogP) is 3.70. The molecule has 0 radical (unpaired) electrons. The van der Waals surface area contributed by atoms with Crippen molar-refractivity contribution in [3.63, 3.8) is 0 Å². The van der Waals surface area contributed by atoms with E-state index in [1.165, 1.54) is 18.2 Å². The molecule has 0 bridgehead atoms. The van der Waals surface area contributed by atoms with Gasteiger partial charge in [0.2, 0.25) is 5.91 Å². The lowest BCUT2D eigenvalue weighted by Gasteiger charge is -2.32. The standard InChI is InChI=1S/C21H15F3N2O4S/c1-30-17(28)10-25-20-19(31-21(25)29)13(18-14(23)3-2-4-15(18)24)9-16(27)26(20)12-7-5-11(22)6-8-12/h2-8,13H,9-10H2,1H3. The van der Waals surface area contributed by atoms with Crippen LogP contribution in [-0.2, 0) is 20.9 Å². The SMILES string of the molecule is COC(=O)Cn1c2c(sc1=O)C(c1c(F)cccc1F)CC(=O)N2c1ccc(F)cc1. The first-order valence-corrected chi connectivity index (χ1v) is 9.96. The highest BCUT2D eigenvalue weighted by atomic mass is 32.1. The largest absolute Gasteiger partial charge is 0.468 e. The molecular weight excluding hydrogens is 433 g/mol. The number of hydrogen-bond acceptors (Lipinski definition) is 5. The maximum absolute atomic E-state index is 14.5. The van der Waals surface area contributed by atoms with E-state index >= 15 is 0 Å². The van der Waals surface area contributed by atoms with Crippen molar-refractivity contribution in [1.29, 1.82) is 0 Å². The number of benzene rings is 2. The molecule has 1 aliphatic rings. The summed E-state index contributed by atoms with van der Waals surface area (Å²) in [5, 5.41) is 0. The minimum absolute atomic E-state index is 0.0101. The van der Waals surface area contributed by atoms with Gasteiger partial charge in [0.1, 0.15) is 29.8 Å². The van der Waals surface area contributed by atoms with Crippen LogP contribution in [-0.4, -0.2) is 23.6 Å². The quantitative estimate of drug-likeness (QED) is 0.571. The van der Waals surface area contributed by atoms with Crippen LogP contribution in [0, 0.1) is 17.5 Å². The number of methoxy groups -OCH3 is 1. The van der Waals surface area contributed by atoms with Gasteiger partial charge in [0.05, 0.1) is 17.7 Å². The zero-order valence-electron chi connectivity index (χ0n) is 16.1. The molecule has 1 amide bonds. The zero-order chi connectivity index (χ0) is 22.3. The van der Waals surface area contributed by atoms with Crippen molar-refractivity contribution in [2.24, 2.45) is 0 Å². The van der Waals surface area contributed by atoms with Crippen molar-refractivity contribution in [3.05, 3.63) is 80.0 Å². The summed E-state index contributed by atoms with van der Waals surface area (Å²) < 4.78 is 48.1. The van der Waals surface area contributed by atoms with E-state index in [4.69, 9.17) is 0 Å². The molecule has 31 heavy (non-hydrogen) atoms. The molecule has 0 fully saturated rings. The molecule has 6 nitrogen and oxygen atoms in total. The minimum atomic E-state index is -1.06. The monoisotopic (exact) mass is 448 g/mol. The van der Waals surface area contributed by atoms with Crippen LogP contribution < -0.4 is 9.77 Å². The van der Waals surface area contributed by atoms with Crippen LogP contribution in [0.1, 0.15) is 22.8 Å². The number of fused-ring (bicyclic) bond motifs is 1. The molecular formula is C21H15F3N2O4S. The molecule has 3 aromatic rings. The third-order valence-corrected chi connectivity index (χ3v) is 6.08. The summed E-state index contributed by atoms with van der Waals surface area (Å²) in [4.78, 5) is 38.5. The maximum Gasteiger partial charge on any atom is 0.325 e. The molecule has 160 valence electrons. The summed E-state index contributed by atoms with van der Waals surface area (Å²) in [7, 11) is 1.15. The van der Waals surface area contributed by atoms with Gasteiger partial charge in [0.15, 0.2) is 0 Å². The summed E-state index contributed by atoms with van der Waals surface area (Å²) in [6, 6.07) is 8.30. The molecule has 1 unspecified atom stereocenters. The molecule has 0 saturated carbocycles. The number of amides is 1. The van der Waals surface area contributed by atoms with Crippen molar-refractivity contribution in [2.45, 2.75) is 18.9 Å². The second-order valence-electron chi connectivity index (χ2n) is 6.82. The second-order valence-corrected chi connectivity index (χ2v) is 7.81. The lowest BCUT2D eigenvalue weighted by molar-refractivity contribution is -0.141. The fraction of sp³-hybridized carbons (Fsp3) is 0.190. The van der Waals surface area contributed by atoms with E-state index in [1.54, 1.807) is 0 Å². The number of hydrogen-bond donors (Lipinski definition) is 0. The van der Waals surface area contributed by atoms with Crippen LogP contribution >= 0.6 is 11.3 Å². The van der Waals surface area contributed by atoms with E-state index in [0.717, 1.165) is 40.8 Å². The molecule has 0 aliphatic carbocycles. The van der Waals surface area contributed by atoms with Crippen molar-refractivity contribution in [3.8, 4) is 0 Å². The number of ether oxygens (including phenoxy) is 1. The Labute approximate surface area is 178 Å². The first-order valence-electron chi connectivity index (χ1n) is 9.14. The first kappa shape index (κ1) is 20.9. The maximum atomic E-state index is 14.5. The van der Waals surface area contributed by atoms with Crippen LogP contribution in [0.25, 0.3) is 0 Å². The van der Waals surface area contributed by atoms with Crippen LogP contribution in [0.3, 0.4) is 0 Å². The first-order chi connectivity index (χ1) is 14.8. The summed E-state index contributed by atoms with van der Waals surface area (Å²) in [5.41, 5.74) is -0.0844. The number of anilines is 2. The highest BCUT2D eigenvalue weighted by Crippen LogP contribution is 2.45. The average molecular weight is 448 g/mol. The molecule has 2 aromatic carbocycles. The highest BCUT2D eigenvalue weighted by Gasteiger charge is 2.40. The van der Waals surface area contributed by atoms with Crippen molar-refractivity contribution in [1.82, 2.24) is 4.57 Å². The number of esters is 1. The Bertz CT molecular complexity index is 1220. The number of nitrogens with zero attached hydrogens (tertiary/aromatic N) is 2. The van der Waals surface area contributed by atoms with E-state index < -0.39 is 46.7 Å². The normalized spacial score (nSPS) is 15.7. The molecule has 0 saturated heterocycles. The fourth-order valence-corrected chi connectivity index (χ4v) is 4.70. The molecule has 0 N–H and O–H groups in total. The van der Waals surface area contributed by atoms with Crippen molar-refractivity contribution < 1.29 is 27.5 Å². The average Bonchev–Trinajstić information content (AvgIpc) is 3.05. The number of thiazole rings is 1. The summed E-state index contributed by atoms with van der Waals surface area (Å²) in [6.45, 7) is -0.501. The Kier molecular flexibility index (Phi) is 5.40. The third-order valence-electron chi connectivity index (χ3n) is 5.00. The molecule has 1 aliphatic heterocycles. The van der Waals surface area contributed by atoms with E-state index in [2.05, 4.69) is 4.74 Å². The van der Waals surface area contributed by atoms with E-state index in [-0.39, 0.29) is 28.4 Å². The van der Waals surface area contributed by atoms with E-state index in [0.29, 0.717) is 11.3 Å². The van der Waals surface area contributed by atoms with Gasteiger partial charge in [0.25, 0.3) is 0 Å². The Morgan fingerprint density at radius 1 is 1.10 bits per heavy atom. The highest BCUT2D eigenvalue weighted by molar-refractivity contribution is 7.10. The van der Waals surface area contributed by atoms with E-state index in [9.17, 15) is 27.6 Å². The van der Waals surface area contributed by atoms with Gasteiger partial charge in [-0.15, -0.1) is 0 Å². The smallest absolute Gasteiger partial charge is 0.325 e.